The highest BCUT2D eigenvalue weighted by Crippen LogP contribution is 2.26. The number of benzene rings is 1. The number of rotatable bonds is 10. The maximum Gasteiger partial charge on any atom is 0.242 e. The lowest BCUT2D eigenvalue weighted by Crippen LogP contribution is -2.46. The standard InChI is InChI=1S/C26H36N2O3/c1-21(2)18-28(26(30)23-12-7-4-8-13-23)20-25(29)27(19-24-14-9-17-31-24)16-15-22-10-5-3-6-11-22/h3,5-6,9-11,14,17,21,23H,4,7-8,12-13,15-16,18-20H2,1-2H3. The number of hydrogen-bond acceptors (Lipinski definition) is 3. The second-order valence-corrected chi connectivity index (χ2v) is 9.08. The molecular weight excluding hydrogens is 388 g/mol. The molecule has 2 amide bonds. The highest BCUT2D eigenvalue weighted by molar-refractivity contribution is 5.86. The molecule has 1 aliphatic carbocycles. The summed E-state index contributed by atoms with van der Waals surface area (Å²) < 4.78 is 5.50. The lowest BCUT2D eigenvalue weighted by atomic mass is 9.88. The number of carbonyl (C=O) groups is 2. The van der Waals surface area contributed by atoms with E-state index in [1.165, 1.54) is 12.0 Å². The SMILES string of the molecule is CC(C)CN(CC(=O)N(CCc1ccccc1)Cc1ccco1)C(=O)C1CCCCC1. The van der Waals surface area contributed by atoms with Gasteiger partial charge in [-0.15, -0.1) is 0 Å². The zero-order chi connectivity index (χ0) is 22.1. The number of hydrogen-bond donors (Lipinski definition) is 0. The summed E-state index contributed by atoms with van der Waals surface area (Å²) in [4.78, 5) is 30.2. The van der Waals surface area contributed by atoms with Crippen molar-refractivity contribution in [3.05, 3.63) is 60.1 Å². The molecule has 2 aromatic rings. The van der Waals surface area contributed by atoms with Gasteiger partial charge in [0.15, 0.2) is 0 Å². The summed E-state index contributed by atoms with van der Waals surface area (Å²) in [6.07, 6.45) is 7.74. The van der Waals surface area contributed by atoms with Gasteiger partial charge in [-0.1, -0.05) is 63.4 Å². The molecule has 5 heteroatoms. The summed E-state index contributed by atoms with van der Waals surface area (Å²) in [6, 6.07) is 13.9. The van der Waals surface area contributed by atoms with Crippen LogP contribution in [0, 0.1) is 11.8 Å². The molecule has 0 aliphatic heterocycles. The van der Waals surface area contributed by atoms with Crippen LogP contribution < -0.4 is 0 Å². The third-order valence-corrected chi connectivity index (χ3v) is 5.97. The summed E-state index contributed by atoms with van der Waals surface area (Å²) in [7, 11) is 0. The number of nitrogens with zero attached hydrogens (tertiary/aromatic N) is 2. The fraction of sp³-hybridized carbons (Fsp3) is 0.538. The van der Waals surface area contributed by atoms with Gasteiger partial charge in [-0.2, -0.15) is 0 Å². The molecule has 3 rings (SSSR count). The van der Waals surface area contributed by atoms with E-state index in [0.717, 1.165) is 37.9 Å². The van der Waals surface area contributed by atoms with Crippen LogP contribution in [0.1, 0.15) is 57.3 Å². The molecule has 0 unspecified atom stereocenters. The van der Waals surface area contributed by atoms with E-state index in [1.807, 2.05) is 35.2 Å². The zero-order valence-electron chi connectivity index (χ0n) is 19.0. The maximum atomic E-state index is 13.4. The van der Waals surface area contributed by atoms with Gasteiger partial charge in [-0.05, 0) is 42.9 Å². The third-order valence-electron chi connectivity index (χ3n) is 5.97. The van der Waals surface area contributed by atoms with Crippen LogP contribution in [0.2, 0.25) is 0 Å². The first-order valence-electron chi connectivity index (χ1n) is 11.7. The topological polar surface area (TPSA) is 53.8 Å². The molecule has 1 aromatic carbocycles. The van der Waals surface area contributed by atoms with Gasteiger partial charge in [0.2, 0.25) is 11.8 Å². The van der Waals surface area contributed by atoms with E-state index in [2.05, 4.69) is 26.0 Å². The smallest absolute Gasteiger partial charge is 0.242 e. The molecule has 168 valence electrons. The molecule has 1 fully saturated rings. The normalized spacial score (nSPS) is 14.5. The third kappa shape index (κ3) is 7.27. The van der Waals surface area contributed by atoms with Gasteiger partial charge in [0, 0.05) is 19.0 Å². The van der Waals surface area contributed by atoms with Gasteiger partial charge in [0.1, 0.15) is 5.76 Å². The Bertz CT molecular complexity index is 795. The Balaban J connectivity index is 1.69. The summed E-state index contributed by atoms with van der Waals surface area (Å²) in [6.45, 7) is 5.98. The Morgan fingerprint density at radius 2 is 1.74 bits per heavy atom. The highest BCUT2D eigenvalue weighted by Gasteiger charge is 2.29. The first-order chi connectivity index (χ1) is 15.0. The highest BCUT2D eigenvalue weighted by atomic mass is 16.3. The van der Waals surface area contributed by atoms with Crippen molar-refractivity contribution in [2.45, 2.75) is 58.9 Å². The largest absolute Gasteiger partial charge is 0.467 e. The van der Waals surface area contributed by atoms with Crippen LogP contribution in [-0.4, -0.2) is 41.2 Å². The molecule has 1 aromatic heterocycles. The first-order valence-corrected chi connectivity index (χ1v) is 11.7. The van der Waals surface area contributed by atoms with E-state index in [0.29, 0.717) is 25.6 Å². The summed E-state index contributed by atoms with van der Waals surface area (Å²) >= 11 is 0. The second-order valence-electron chi connectivity index (χ2n) is 9.08. The molecule has 1 saturated carbocycles. The van der Waals surface area contributed by atoms with Crippen LogP contribution in [-0.2, 0) is 22.6 Å². The fourth-order valence-corrected chi connectivity index (χ4v) is 4.34. The average molecular weight is 425 g/mol. The van der Waals surface area contributed by atoms with Crippen molar-refractivity contribution in [2.75, 3.05) is 19.6 Å². The van der Waals surface area contributed by atoms with Crippen LogP contribution in [0.15, 0.2) is 53.1 Å². The van der Waals surface area contributed by atoms with Gasteiger partial charge in [-0.25, -0.2) is 0 Å². The Kier molecular flexibility index (Phi) is 8.74. The molecule has 0 atom stereocenters. The quantitative estimate of drug-likeness (QED) is 0.544. The Morgan fingerprint density at radius 3 is 2.39 bits per heavy atom. The molecule has 0 saturated heterocycles. The minimum absolute atomic E-state index is 0.0165. The molecule has 0 bridgehead atoms. The minimum atomic E-state index is -0.0165. The summed E-state index contributed by atoms with van der Waals surface area (Å²) in [5.41, 5.74) is 1.19. The van der Waals surface area contributed by atoms with Crippen molar-refractivity contribution in [1.82, 2.24) is 9.80 Å². The van der Waals surface area contributed by atoms with E-state index in [9.17, 15) is 9.59 Å². The number of amides is 2. The Labute approximate surface area is 186 Å². The Hall–Kier alpha value is -2.56. The predicted octanol–water partition coefficient (Wildman–Crippen LogP) is 4.92. The zero-order valence-corrected chi connectivity index (χ0v) is 19.0. The van der Waals surface area contributed by atoms with Crippen LogP contribution in [0.25, 0.3) is 0 Å². The molecule has 1 aliphatic rings. The molecule has 0 N–H and O–H groups in total. The van der Waals surface area contributed by atoms with Crippen molar-refractivity contribution >= 4 is 11.8 Å². The monoisotopic (exact) mass is 424 g/mol. The molecule has 31 heavy (non-hydrogen) atoms. The van der Waals surface area contributed by atoms with Crippen LogP contribution in [0.4, 0.5) is 0 Å². The number of carbonyl (C=O) groups excluding carboxylic acids is 2. The molecule has 5 nitrogen and oxygen atoms in total. The summed E-state index contributed by atoms with van der Waals surface area (Å²) in [5.74, 6) is 1.29. The first kappa shape index (κ1) is 23.1. The van der Waals surface area contributed by atoms with E-state index < -0.39 is 0 Å². The average Bonchev–Trinajstić information content (AvgIpc) is 3.30. The second kappa shape index (κ2) is 11.7. The van der Waals surface area contributed by atoms with Crippen molar-refractivity contribution < 1.29 is 14.0 Å². The van der Waals surface area contributed by atoms with Crippen molar-refractivity contribution in [3.8, 4) is 0 Å². The maximum absolute atomic E-state index is 13.4. The molecule has 0 spiro atoms. The molecule has 0 radical (unpaired) electrons. The van der Waals surface area contributed by atoms with Gasteiger partial charge in [0.05, 0.1) is 19.4 Å². The van der Waals surface area contributed by atoms with Crippen LogP contribution in [0.5, 0.6) is 0 Å². The lowest BCUT2D eigenvalue weighted by molar-refractivity contribution is -0.144. The fourth-order valence-electron chi connectivity index (χ4n) is 4.34. The molecular formula is C26H36N2O3. The van der Waals surface area contributed by atoms with Gasteiger partial charge >= 0.3 is 0 Å². The Morgan fingerprint density at radius 1 is 1.00 bits per heavy atom. The van der Waals surface area contributed by atoms with Crippen molar-refractivity contribution in [1.29, 1.82) is 0 Å². The predicted molar refractivity (Wildman–Crippen MR) is 122 cm³/mol. The van der Waals surface area contributed by atoms with E-state index in [-0.39, 0.29) is 24.3 Å². The van der Waals surface area contributed by atoms with Crippen molar-refractivity contribution in [3.63, 3.8) is 0 Å². The minimum Gasteiger partial charge on any atom is -0.467 e. The van der Waals surface area contributed by atoms with Crippen molar-refractivity contribution in [2.24, 2.45) is 11.8 Å². The van der Waals surface area contributed by atoms with E-state index >= 15 is 0 Å². The lowest BCUT2D eigenvalue weighted by Gasteiger charge is -2.32. The van der Waals surface area contributed by atoms with Gasteiger partial charge < -0.3 is 14.2 Å². The van der Waals surface area contributed by atoms with Gasteiger partial charge in [-0.3, -0.25) is 9.59 Å². The number of furan rings is 1. The van der Waals surface area contributed by atoms with E-state index in [4.69, 9.17) is 4.42 Å². The van der Waals surface area contributed by atoms with Crippen LogP contribution in [0.3, 0.4) is 0 Å². The van der Waals surface area contributed by atoms with Gasteiger partial charge in [0.25, 0.3) is 0 Å². The molecule has 1 heterocycles. The van der Waals surface area contributed by atoms with E-state index in [1.54, 1.807) is 11.2 Å². The summed E-state index contributed by atoms with van der Waals surface area (Å²) in [5, 5.41) is 0. The van der Waals surface area contributed by atoms with Crippen LogP contribution >= 0.6 is 0 Å².